The molecular formula is C76H150NO8+. The van der Waals surface area contributed by atoms with Crippen LogP contribution < -0.4 is 0 Å². The second-order valence-electron chi connectivity index (χ2n) is 27.7. The maximum atomic E-state index is 13.0. The summed E-state index contributed by atoms with van der Waals surface area (Å²) in [4.78, 5) is 37.6. The van der Waals surface area contributed by atoms with E-state index >= 15 is 0 Å². The zero-order chi connectivity index (χ0) is 61.9. The molecule has 0 aliphatic carbocycles. The van der Waals surface area contributed by atoms with E-state index in [1.807, 2.05) is 21.1 Å². The molecule has 1 N–H and O–H groups in total. The topological polar surface area (TPSA) is 108 Å². The Balaban J connectivity index is 3.94. The summed E-state index contributed by atoms with van der Waals surface area (Å²) in [6, 6.07) is 0. The third kappa shape index (κ3) is 69.6. The van der Waals surface area contributed by atoms with Crippen LogP contribution >= 0.6 is 0 Å². The zero-order valence-electron chi connectivity index (χ0n) is 58.1. The normalized spacial score (nSPS) is 12.5. The van der Waals surface area contributed by atoms with Crippen molar-refractivity contribution >= 4 is 17.9 Å². The van der Waals surface area contributed by atoms with E-state index in [4.69, 9.17) is 18.9 Å². The number of unbranched alkanes of at least 4 members (excludes halogenated alkanes) is 58. The standard InChI is InChI=1S/C76H149NO8/c1-6-8-10-12-14-16-18-20-22-24-26-28-30-31-32-33-34-35-36-37-38-39-40-41-42-43-45-47-49-51-53-55-57-59-61-63-65-67-74(79)85-72(71-84-76(75(80)81)82-69-68-77(3,4)5)70-83-73(78)66-64-62-60-58-56-54-52-50-48-46-44-29-27-25-23-21-19-17-15-13-11-9-7-2/h72,76H,6-71H2,1-5H3/p+1. The molecule has 0 saturated carbocycles. The summed E-state index contributed by atoms with van der Waals surface area (Å²) in [5.41, 5.74) is 0. The minimum Gasteiger partial charge on any atom is -0.477 e. The molecule has 2 atom stereocenters. The molecule has 0 saturated heterocycles. The van der Waals surface area contributed by atoms with Gasteiger partial charge in [0.15, 0.2) is 6.10 Å². The lowest BCUT2D eigenvalue weighted by molar-refractivity contribution is -0.870. The third-order valence-electron chi connectivity index (χ3n) is 17.9. The van der Waals surface area contributed by atoms with Crippen molar-refractivity contribution in [2.75, 3.05) is 47.5 Å². The van der Waals surface area contributed by atoms with Gasteiger partial charge in [-0.05, 0) is 12.8 Å². The molecule has 0 bridgehead atoms. The highest BCUT2D eigenvalue weighted by atomic mass is 16.7. The molecule has 506 valence electrons. The number of hydrogen-bond acceptors (Lipinski definition) is 7. The van der Waals surface area contributed by atoms with Crippen LogP contribution in [0.25, 0.3) is 0 Å². The highest BCUT2D eigenvalue weighted by Gasteiger charge is 2.25. The van der Waals surface area contributed by atoms with E-state index in [0.29, 0.717) is 17.4 Å². The quantitative estimate of drug-likeness (QED) is 0.0278. The highest BCUT2D eigenvalue weighted by molar-refractivity contribution is 5.71. The van der Waals surface area contributed by atoms with Crippen LogP contribution in [0.15, 0.2) is 0 Å². The van der Waals surface area contributed by atoms with Gasteiger partial charge in [-0.15, -0.1) is 0 Å². The molecule has 2 unspecified atom stereocenters. The van der Waals surface area contributed by atoms with Gasteiger partial charge in [0.25, 0.3) is 6.29 Å². The Morgan fingerprint density at radius 2 is 0.529 bits per heavy atom. The van der Waals surface area contributed by atoms with Gasteiger partial charge in [-0.2, -0.15) is 0 Å². The molecule has 0 heterocycles. The molecule has 85 heavy (non-hydrogen) atoms. The van der Waals surface area contributed by atoms with Crippen molar-refractivity contribution in [2.24, 2.45) is 0 Å². The van der Waals surface area contributed by atoms with E-state index in [9.17, 15) is 19.5 Å². The van der Waals surface area contributed by atoms with E-state index in [1.54, 1.807) is 0 Å². The monoisotopic (exact) mass is 1210 g/mol. The zero-order valence-corrected chi connectivity index (χ0v) is 58.1. The first-order valence-corrected chi connectivity index (χ1v) is 38.2. The van der Waals surface area contributed by atoms with E-state index in [1.165, 1.54) is 347 Å². The molecule has 0 aliphatic rings. The Labute approximate surface area is 530 Å². The summed E-state index contributed by atoms with van der Waals surface area (Å²) in [5, 5.41) is 9.75. The molecule has 0 radical (unpaired) electrons. The van der Waals surface area contributed by atoms with Crippen LogP contribution in [-0.4, -0.2) is 87.4 Å². The van der Waals surface area contributed by atoms with Gasteiger partial charge in [0, 0.05) is 12.8 Å². The molecule has 9 heteroatoms. The van der Waals surface area contributed by atoms with Crippen molar-refractivity contribution in [1.82, 2.24) is 0 Å². The number of nitrogens with zero attached hydrogens (tertiary/aromatic N) is 1. The summed E-state index contributed by atoms with van der Waals surface area (Å²) >= 11 is 0. The first kappa shape index (κ1) is 83.3. The summed E-state index contributed by atoms with van der Waals surface area (Å²) in [6.07, 6.45) is 79.7. The van der Waals surface area contributed by atoms with Gasteiger partial charge in [0.1, 0.15) is 13.2 Å². The molecular weight excluding hydrogens is 1050 g/mol. The number of likely N-dealkylation sites (N-methyl/N-ethyl adjacent to an activating group) is 1. The number of hydrogen-bond donors (Lipinski definition) is 1. The van der Waals surface area contributed by atoms with Gasteiger partial charge in [-0.3, -0.25) is 9.59 Å². The number of rotatable bonds is 73. The van der Waals surface area contributed by atoms with Crippen LogP contribution in [0, 0.1) is 0 Å². The number of esters is 2. The predicted octanol–water partition coefficient (Wildman–Crippen LogP) is 23.8. The summed E-state index contributed by atoms with van der Waals surface area (Å²) < 4.78 is 23.0. The Hall–Kier alpha value is -1.71. The molecule has 0 aromatic carbocycles. The maximum absolute atomic E-state index is 13.0. The second kappa shape index (κ2) is 68.2. The number of quaternary nitrogens is 1. The Kier molecular flexibility index (Phi) is 66.8. The Morgan fingerprint density at radius 1 is 0.306 bits per heavy atom. The lowest BCUT2D eigenvalue weighted by Crippen LogP contribution is -2.40. The van der Waals surface area contributed by atoms with Crippen molar-refractivity contribution in [3.63, 3.8) is 0 Å². The van der Waals surface area contributed by atoms with E-state index in [0.717, 1.165) is 38.5 Å². The van der Waals surface area contributed by atoms with E-state index in [-0.39, 0.29) is 38.2 Å². The Bertz CT molecular complexity index is 1350. The van der Waals surface area contributed by atoms with Crippen molar-refractivity contribution in [2.45, 2.75) is 424 Å². The van der Waals surface area contributed by atoms with Gasteiger partial charge in [0.05, 0.1) is 34.4 Å². The highest BCUT2D eigenvalue weighted by Crippen LogP contribution is 2.20. The van der Waals surface area contributed by atoms with Gasteiger partial charge in [-0.1, -0.05) is 386 Å². The average molecular weight is 1210 g/mol. The van der Waals surface area contributed by atoms with Crippen molar-refractivity contribution in [3.05, 3.63) is 0 Å². The van der Waals surface area contributed by atoms with Crippen LogP contribution in [0.5, 0.6) is 0 Å². The molecule has 0 aliphatic heterocycles. The SMILES string of the molecule is CCCCCCCCCCCCCCCCCCCCCCCCCCCCCCCCCCCCCCCC(=O)OC(COC(=O)CCCCCCCCCCCCCCCCCCCCCCCCC)COC(OCC[N+](C)(C)C)C(=O)O. The molecule has 0 rings (SSSR count). The number of aliphatic carboxylic acids is 1. The average Bonchev–Trinajstić information content (AvgIpc) is 3.48. The number of carboxylic acid groups (broad SMARTS) is 1. The van der Waals surface area contributed by atoms with Crippen molar-refractivity contribution in [1.29, 1.82) is 0 Å². The van der Waals surface area contributed by atoms with Crippen LogP contribution in [0.3, 0.4) is 0 Å². The lowest BCUT2D eigenvalue weighted by Gasteiger charge is -2.25. The first-order chi connectivity index (χ1) is 41.6. The van der Waals surface area contributed by atoms with Crippen molar-refractivity contribution in [3.8, 4) is 0 Å². The van der Waals surface area contributed by atoms with Crippen LogP contribution in [0.2, 0.25) is 0 Å². The second-order valence-corrected chi connectivity index (χ2v) is 27.7. The number of carboxylic acids is 1. The minimum atomic E-state index is -1.50. The van der Waals surface area contributed by atoms with Gasteiger partial charge in [0.2, 0.25) is 0 Å². The maximum Gasteiger partial charge on any atom is 0.361 e. The predicted molar refractivity (Wildman–Crippen MR) is 365 cm³/mol. The van der Waals surface area contributed by atoms with Gasteiger partial charge in [-0.25, -0.2) is 4.79 Å². The molecule has 0 aromatic rings. The molecule has 0 aromatic heterocycles. The minimum absolute atomic E-state index is 0.172. The molecule has 0 fully saturated rings. The fourth-order valence-corrected chi connectivity index (χ4v) is 12.0. The first-order valence-electron chi connectivity index (χ1n) is 38.2. The molecule has 0 amide bonds. The van der Waals surface area contributed by atoms with Gasteiger partial charge < -0.3 is 28.5 Å². The lowest BCUT2D eigenvalue weighted by atomic mass is 10.0. The number of carbonyl (C=O) groups is 3. The number of carbonyl (C=O) groups excluding carboxylic acids is 2. The summed E-state index contributed by atoms with van der Waals surface area (Å²) in [5.74, 6) is -1.96. The summed E-state index contributed by atoms with van der Waals surface area (Å²) in [7, 11) is 6.00. The smallest absolute Gasteiger partial charge is 0.361 e. The largest absolute Gasteiger partial charge is 0.477 e. The Morgan fingerprint density at radius 3 is 0.753 bits per heavy atom. The number of ether oxygens (including phenoxy) is 4. The van der Waals surface area contributed by atoms with Crippen LogP contribution in [0.4, 0.5) is 0 Å². The third-order valence-corrected chi connectivity index (χ3v) is 17.9. The molecule has 0 spiro atoms. The fourth-order valence-electron chi connectivity index (χ4n) is 12.0. The summed E-state index contributed by atoms with van der Waals surface area (Å²) in [6.45, 7) is 4.98. The van der Waals surface area contributed by atoms with Gasteiger partial charge >= 0.3 is 17.9 Å². The molecule has 9 nitrogen and oxygen atoms in total. The van der Waals surface area contributed by atoms with E-state index < -0.39 is 18.4 Å². The van der Waals surface area contributed by atoms with Crippen LogP contribution in [0.1, 0.15) is 412 Å². The van der Waals surface area contributed by atoms with E-state index in [2.05, 4.69) is 13.8 Å². The van der Waals surface area contributed by atoms with Crippen LogP contribution in [-0.2, 0) is 33.3 Å². The fraction of sp³-hybridized carbons (Fsp3) is 0.961. The van der Waals surface area contributed by atoms with Crippen molar-refractivity contribution < 1.29 is 42.9 Å².